The van der Waals surface area contributed by atoms with Gasteiger partial charge in [-0.3, -0.25) is 0 Å². The second kappa shape index (κ2) is 6.91. The van der Waals surface area contributed by atoms with Crippen LogP contribution < -0.4 is 5.32 Å². The summed E-state index contributed by atoms with van der Waals surface area (Å²) in [5.74, 6) is 0.790. The molecule has 0 radical (unpaired) electrons. The molecule has 1 atom stereocenters. The van der Waals surface area contributed by atoms with Gasteiger partial charge in [-0.15, -0.1) is 0 Å². The maximum Gasteiger partial charge on any atom is 0.0636 e. The number of nitrogens with one attached hydrogen (secondary N) is 1. The Kier molecular flexibility index (Phi) is 5.21. The van der Waals surface area contributed by atoms with E-state index in [2.05, 4.69) is 29.6 Å². The third kappa shape index (κ3) is 4.11. The highest BCUT2D eigenvalue weighted by atomic mass is 16.3. The van der Waals surface area contributed by atoms with E-state index in [-0.39, 0.29) is 6.10 Å². The Morgan fingerprint density at radius 1 is 1.17 bits per heavy atom. The zero-order valence-corrected chi connectivity index (χ0v) is 11.4. The fraction of sp³-hybridized carbons (Fsp3) is 0.625. The molecule has 0 aliphatic heterocycles. The Morgan fingerprint density at radius 3 is 2.44 bits per heavy atom. The fourth-order valence-electron chi connectivity index (χ4n) is 2.77. The Morgan fingerprint density at radius 2 is 1.83 bits per heavy atom. The van der Waals surface area contributed by atoms with Crippen LogP contribution in [0.4, 0.5) is 0 Å². The second-order valence-corrected chi connectivity index (χ2v) is 5.56. The molecule has 0 spiro atoms. The zero-order chi connectivity index (χ0) is 12.8. The monoisotopic (exact) mass is 247 g/mol. The molecule has 2 N–H and O–H groups in total. The van der Waals surface area contributed by atoms with Crippen molar-refractivity contribution in [2.24, 2.45) is 0 Å². The minimum atomic E-state index is -0.272. The predicted molar refractivity (Wildman–Crippen MR) is 75.7 cm³/mol. The standard InChI is InChI=1S/C16H25NO/c1-13(18)11-17-12-14-7-9-16(10-8-14)15-5-3-2-4-6-15/h7-10,13,15,17-18H,2-6,11-12H2,1H3. The summed E-state index contributed by atoms with van der Waals surface area (Å²) >= 11 is 0. The van der Waals surface area contributed by atoms with Gasteiger partial charge in [-0.1, -0.05) is 43.5 Å². The molecule has 0 bridgehead atoms. The number of aliphatic hydroxyl groups excluding tert-OH is 1. The van der Waals surface area contributed by atoms with Gasteiger partial charge in [0.25, 0.3) is 0 Å². The van der Waals surface area contributed by atoms with Crippen molar-refractivity contribution >= 4 is 0 Å². The molecule has 0 aromatic heterocycles. The average Bonchev–Trinajstić information content (AvgIpc) is 2.40. The minimum Gasteiger partial charge on any atom is -0.392 e. The number of hydrogen-bond acceptors (Lipinski definition) is 2. The molecular formula is C16H25NO. The van der Waals surface area contributed by atoms with Crippen molar-refractivity contribution in [3.8, 4) is 0 Å². The molecule has 2 rings (SSSR count). The number of benzene rings is 1. The van der Waals surface area contributed by atoms with Crippen LogP contribution in [0.25, 0.3) is 0 Å². The van der Waals surface area contributed by atoms with Crippen LogP contribution in [0.15, 0.2) is 24.3 Å². The molecule has 2 nitrogen and oxygen atoms in total. The zero-order valence-electron chi connectivity index (χ0n) is 11.4. The van der Waals surface area contributed by atoms with E-state index in [0.29, 0.717) is 6.54 Å². The van der Waals surface area contributed by atoms with Gasteiger partial charge in [0.2, 0.25) is 0 Å². The first-order valence-corrected chi connectivity index (χ1v) is 7.23. The Balaban J connectivity index is 1.84. The largest absolute Gasteiger partial charge is 0.392 e. The van der Waals surface area contributed by atoms with Crippen molar-refractivity contribution in [1.82, 2.24) is 5.32 Å². The van der Waals surface area contributed by atoms with Crippen LogP contribution in [0.1, 0.15) is 56.1 Å². The summed E-state index contributed by atoms with van der Waals surface area (Å²) in [4.78, 5) is 0. The summed E-state index contributed by atoms with van der Waals surface area (Å²) in [6.07, 6.45) is 6.65. The molecule has 1 aromatic carbocycles. The SMILES string of the molecule is CC(O)CNCc1ccc(C2CCCCC2)cc1. The summed E-state index contributed by atoms with van der Waals surface area (Å²) in [6.45, 7) is 3.30. The fourth-order valence-corrected chi connectivity index (χ4v) is 2.77. The summed E-state index contributed by atoms with van der Waals surface area (Å²) in [5.41, 5.74) is 2.81. The quantitative estimate of drug-likeness (QED) is 0.837. The van der Waals surface area contributed by atoms with Gasteiger partial charge in [0.15, 0.2) is 0 Å². The smallest absolute Gasteiger partial charge is 0.0636 e. The summed E-state index contributed by atoms with van der Waals surface area (Å²) < 4.78 is 0. The van der Waals surface area contributed by atoms with Gasteiger partial charge in [-0.2, -0.15) is 0 Å². The maximum absolute atomic E-state index is 9.18. The lowest BCUT2D eigenvalue weighted by atomic mass is 9.84. The molecule has 1 aliphatic carbocycles. The molecule has 0 saturated heterocycles. The summed E-state index contributed by atoms with van der Waals surface area (Å²) in [6, 6.07) is 9.02. The molecule has 1 saturated carbocycles. The number of hydrogen-bond donors (Lipinski definition) is 2. The lowest BCUT2D eigenvalue weighted by Crippen LogP contribution is -2.23. The molecule has 0 heterocycles. The van der Waals surface area contributed by atoms with Crippen LogP contribution in [-0.4, -0.2) is 17.8 Å². The molecule has 1 unspecified atom stereocenters. The van der Waals surface area contributed by atoms with Gasteiger partial charge in [0, 0.05) is 13.1 Å². The lowest BCUT2D eigenvalue weighted by molar-refractivity contribution is 0.191. The first-order chi connectivity index (χ1) is 8.75. The van der Waals surface area contributed by atoms with E-state index in [1.165, 1.54) is 43.2 Å². The van der Waals surface area contributed by atoms with Gasteiger partial charge in [-0.05, 0) is 36.8 Å². The molecule has 0 amide bonds. The molecular weight excluding hydrogens is 222 g/mol. The average molecular weight is 247 g/mol. The normalized spacial score (nSPS) is 18.8. The highest BCUT2D eigenvalue weighted by Crippen LogP contribution is 2.32. The third-order valence-electron chi connectivity index (χ3n) is 3.83. The molecule has 2 heteroatoms. The van der Waals surface area contributed by atoms with Crippen molar-refractivity contribution in [3.05, 3.63) is 35.4 Å². The highest BCUT2D eigenvalue weighted by Gasteiger charge is 2.14. The van der Waals surface area contributed by atoms with Crippen LogP contribution in [0.5, 0.6) is 0 Å². The van der Waals surface area contributed by atoms with Gasteiger partial charge < -0.3 is 10.4 Å². The van der Waals surface area contributed by atoms with Gasteiger partial charge >= 0.3 is 0 Å². The van der Waals surface area contributed by atoms with E-state index in [1.807, 2.05) is 0 Å². The molecule has 1 aromatic rings. The Bertz CT molecular complexity index is 339. The topological polar surface area (TPSA) is 32.3 Å². The van der Waals surface area contributed by atoms with Gasteiger partial charge in [0.1, 0.15) is 0 Å². The third-order valence-corrected chi connectivity index (χ3v) is 3.83. The Labute approximate surface area is 110 Å². The van der Waals surface area contributed by atoms with Crippen molar-refractivity contribution in [2.45, 2.75) is 57.6 Å². The van der Waals surface area contributed by atoms with Crippen LogP contribution in [0.2, 0.25) is 0 Å². The van der Waals surface area contributed by atoms with E-state index in [9.17, 15) is 5.11 Å². The number of aliphatic hydroxyl groups is 1. The van der Waals surface area contributed by atoms with Crippen molar-refractivity contribution < 1.29 is 5.11 Å². The molecule has 1 aliphatic rings. The van der Waals surface area contributed by atoms with E-state index in [4.69, 9.17) is 0 Å². The summed E-state index contributed by atoms with van der Waals surface area (Å²) in [7, 11) is 0. The molecule has 100 valence electrons. The Hall–Kier alpha value is -0.860. The highest BCUT2D eigenvalue weighted by molar-refractivity contribution is 5.25. The summed E-state index contributed by atoms with van der Waals surface area (Å²) in [5, 5.41) is 12.4. The van der Waals surface area contributed by atoms with Gasteiger partial charge in [0.05, 0.1) is 6.10 Å². The molecule has 18 heavy (non-hydrogen) atoms. The first-order valence-electron chi connectivity index (χ1n) is 7.23. The van der Waals surface area contributed by atoms with E-state index in [0.717, 1.165) is 12.5 Å². The van der Waals surface area contributed by atoms with Crippen molar-refractivity contribution in [2.75, 3.05) is 6.54 Å². The lowest BCUT2D eigenvalue weighted by Gasteiger charge is -2.22. The van der Waals surface area contributed by atoms with E-state index < -0.39 is 0 Å². The van der Waals surface area contributed by atoms with Crippen molar-refractivity contribution in [3.63, 3.8) is 0 Å². The van der Waals surface area contributed by atoms with E-state index in [1.54, 1.807) is 6.92 Å². The molecule has 1 fully saturated rings. The van der Waals surface area contributed by atoms with Crippen molar-refractivity contribution in [1.29, 1.82) is 0 Å². The van der Waals surface area contributed by atoms with Crippen LogP contribution in [0, 0.1) is 0 Å². The minimum absolute atomic E-state index is 0.272. The maximum atomic E-state index is 9.18. The van der Waals surface area contributed by atoms with Crippen LogP contribution in [0.3, 0.4) is 0 Å². The second-order valence-electron chi connectivity index (χ2n) is 5.56. The first kappa shape index (κ1) is 13.6. The van der Waals surface area contributed by atoms with E-state index >= 15 is 0 Å². The van der Waals surface area contributed by atoms with Gasteiger partial charge in [-0.25, -0.2) is 0 Å². The predicted octanol–water partition coefficient (Wildman–Crippen LogP) is 3.20. The van der Waals surface area contributed by atoms with Crippen LogP contribution >= 0.6 is 0 Å². The van der Waals surface area contributed by atoms with Crippen LogP contribution in [-0.2, 0) is 6.54 Å². The number of rotatable bonds is 5.